The van der Waals surface area contributed by atoms with Gasteiger partial charge in [-0.25, -0.2) is 14.4 Å². The van der Waals surface area contributed by atoms with Gasteiger partial charge in [0.2, 0.25) is 5.95 Å². The van der Waals surface area contributed by atoms with Crippen LogP contribution >= 0.6 is 0 Å². The molecule has 3 rings (SSSR count). The van der Waals surface area contributed by atoms with Crippen LogP contribution in [-0.2, 0) is 6.54 Å². The summed E-state index contributed by atoms with van der Waals surface area (Å²) in [6.45, 7) is 2.07. The van der Waals surface area contributed by atoms with E-state index < -0.39 is 0 Å². The molecule has 1 saturated carbocycles. The van der Waals surface area contributed by atoms with Crippen molar-refractivity contribution in [1.29, 1.82) is 0 Å². The van der Waals surface area contributed by atoms with Crippen LogP contribution in [-0.4, -0.2) is 21.9 Å². The minimum atomic E-state index is -0.269. The summed E-state index contributed by atoms with van der Waals surface area (Å²) in [7, 11) is 0. The number of halogens is 1. The molecule has 0 unspecified atom stereocenters. The highest BCUT2D eigenvalue weighted by atomic mass is 19.1. The van der Waals surface area contributed by atoms with Crippen molar-refractivity contribution in [2.45, 2.75) is 45.2 Å². The van der Waals surface area contributed by atoms with Gasteiger partial charge in [-0.3, -0.25) is 4.79 Å². The number of carbonyl (C=O) groups is 1. The predicted octanol–water partition coefficient (Wildman–Crippen LogP) is 3.21. The van der Waals surface area contributed by atoms with Crippen molar-refractivity contribution in [2.75, 3.05) is 5.32 Å². The lowest BCUT2D eigenvalue weighted by molar-refractivity contribution is 0.0936. The number of rotatable bonds is 5. The van der Waals surface area contributed by atoms with Crippen LogP contribution in [0.4, 0.5) is 10.3 Å². The zero-order valence-electron chi connectivity index (χ0n) is 13.7. The van der Waals surface area contributed by atoms with Gasteiger partial charge in [-0.15, -0.1) is 0 Å². The highest BCUT2D eigenvalue weighted by molar-refractivity contribution is 5.95. The number of nitrogens with zero attached hydrogens (tertiary/aromatic N) is 2. The SMILES string of the molecule is Cc1nc(NCc2ccccc2F)ncc1C(=O)NC1CCCC1. The summed E-state index contributed by atoms with van der Waals surface area (Å²) in [4.78, 5) is 20.8. The normalized spacial score (nSPS) is 14.6. The molecule has 5 nitrogen and oxygen atoms in total. The average molecular weight is 328 g/mol. The van der Waals surface area contributed by atoms with Crippen LogP contribution in [0.1, 0.15) is 47.3 Å². The third-order valence-corrected chi connectivity index (χ3v) is 4.31. The van der Waals surface area contributed by atoms with Crippen LogP contribution in [0.15, 0.2) is 30.5 Å². The number of hydrogen-bond acceptors (Lipinski definition) is 4. The van der Waals surface area contributed by atoms with E-state index in [9.17, 15) is 9.18 Å². The molecule has 6 heteroatoms. The van der Waals surface area contributed by atoms with E-state index in [2.05, 4.69) is 20.6 Å². The summed E-state index contributed by atoms with van der Waals surface area (Å²) in [6.07, 6.45) is 5.93. The van der Waals surface area contributed by atoms with Crippen molar-refractivity contribution < 1.29 is 9.18 Å². The molecule has 126 valence electrons. The first-order valence-corrected chi connectivity index (χ1v) is 8.25. The van der Waals surface area contributed by atoms with E-state index in [1.165, 1.54) is 25.1 Å². The second-order valence-electron chi connectivity index (χ2n) is 6.09. The van der Waals surface area contributed by atoms with Crippen molar-refractivity contribution in [1.82, 2.24) is 15.3 Å². The van der Waals surface area contributed by atoms with Crippen LogP contribution < -0.4 is 10.6 Å². The fraction of sp³-hybridized carbons (Fsp3) is 0.389. The summed E-state index contributed by atoms with van der Waals surface area (Å²) < 4.78 is 13.6. The van der Waals surface area contributed by atoms with Gasteiger partial charge in [0.15, 0.2) is 0 Å². The molecule has 2 N–H and O–H groups in total. The third kappa shape index (κ3) is 3.88. The quantitative estimate of drug-likeness (QED) is 0.884. The molecule has 1 aromatic heterocycles. The Morgan fingerprint density at radius 2 is 2.04 bits per heavy atom. The van der Waals surface area contributed by atoms with Crippen LogP contribution in [0.2, 0.25) is 0 Å². The fourth-order valence-electron chi connectivity index (χ4n) is 2.92. The van der Waals surface area contributed by atoms with Gasteiger partial charge in [0.05, 0.1) is 11.3 Å². The highest BCUT2D eigenvalue weighted by Gasteiger charge is 2.19. The maximum Gasteiger partial charge on any atom is 0.254 e. The number of hydrogen-bond donors (Lipinski definition) is 2. The zero-order valence-corrected chi connectivity index (χ0v) is 13.7. The average Bonchev–Trinajstić information content (AvgIpc) is 3.07. The van der Waals surface area contributed by atoms with E-state index in [0.717, 1.165) is 12.8 Å². The standard InChI is InChI=1S/C18H21FN4O/c1-12-15(17(24)23-14-7-3-4-8-14)11-21-18(22-12)20-10-13-6-2-5-9-16(13)19/h2,5-6,9,11,14H,3-4,7-8,10H2,1H3,(H,23,24)(H,20,21,22). The van der Waals surface area contributed by atoms with Crippen LogP contribution in [0, 0.1) is 12.7 Å². The van der Waals surface area contributed by atoms with E-state index in [4.69, 9.17) is 0 Å². The van der Waals surface area contributed by atoms with Gasteiger partial charge in [-0.2, -0.15) is 0 Å². The molecule has 1 fully saturated rings. The number of amides is 1. The first kappa shape index (κ1) is 16.4. The number of carbonyl (C=O) groups excluding carboxylic acids is 1. The van der Waals surface area contributed by atoms with E-state index >= 15 is 0 Å². The maximum atomic E-state index is 13.6. The number of benzene rings is 1. The second-order valence-corrected chi connectivity index (χ2v) is 6.09. The summed E-state index contributed by atoms with van der Waals surface area (Å²) in [6, 6.07) is 6.81. The predicted molar refractivity (Wildman–Crippen MR) is 90.2 cm³/mol. The molecular weight excluding hydrogens is 307 g/mol. The molecule has 0 bridgehead atoms. The van der Waals surface area contributed by atoms with Crippen molar-refractivity contribution in [3.63, 3.8) is 0 Å². The first-order chi connectivity index (χ1) is 11.6. The minimum Gasteiger partial charge on any atom is -0.350 e. The highest BCUT2D eigenvalue weighted by Crippen LogP contribution is 2.18. The van der Waals surface area contributed by atoms with Crippen molar-refractivity contribution in [3.05, 3.63) is 53.1 Å². The van der Waals surface area contributed by atoms with Gasteiger partial charge >= 0.3 is 0 Å². The molecule has 1 aromatic carbocycles. The van der Waals surface area contributed by atoms with Gasteiger partial charge < -0.3 is 10.6 Å². The van der Waals surface area contributed by atoms with Gasteiger partial charge in [0.25, 0.3) is 5.91 Å². The summed E-state index contributed by atoms with van der Waals surface area (Å²) in [5.41, 5.74) is 1.64. The minimum absolute atomic E-state index is 0.125. The molecule has 1 heterocycles. The summed E-state index contributed by atoms with van der Waals surface area (Å²) in [5, 5.41) is 6.02. The Hall–Kier alpha value is -2.50. The zero-order chi connectivity index (χ0) is 16.9. The number of aryl methyl sites for hydroxylation is 1. The van der Waals surface area contributed by atoms with Gasteiger partial charge in [0, 0.05) is 24.3 Å². The molecule has 0 aliphatic heterocycles. The maximum absolute atomic E-state index is 13.6. The van der Waals surface area contributed by atoms with Crippen molar-refractivity contribution in [3.8, 4) is 0 Å². The third-order valence-electron chi connectivity index (χ3n) is 4.31. The second kappa shape index (κ2) is 7.38. The largest absolute Gasteiger partial charge is 0.350 e. The first-order valence-electron chi connectivity index (χ1n) is 8.25. The monoisotopic (exact) mass is 328 g/mol. The van der Waals surface area contributed by atoms with E-state index in [1.807, 2.05) is 0 Å². The number of nitrogens with one attached hydrogen (secondary N) is 2. The molecule has 1 aliphatic rings. The topological polar surface area (TPSA) is 66.9 Å². The van der Waals surface area contributed by atoms with E-state index in [-0.39, 0.29) is 17.8 Å². The van der Waals surface area contributed by atoms with E-state index in [0.29, 0.717) is 29.3 Å². The molecular formula is C18H21FN4O. The lowest BCUT2D eigenvalue weighted by atomic mass is 10.2. The van der Waals surface area contributed by atoms with E-state index in [1.54, 1.807) is 25.1 Å². The molecule has 24 heavy (non-hydrogen) atoms. The molecule has 1 aliphatic carbocycles. The lowest BCUT2D eigenvalue weighted by Crippen LogP contribution is -2.33. The Morgan fingerprint density at radius 3 is 2.75 bits per heavy atom. The van der Waals surface area contributed by atoms with Crippen LogP contribution in [0.25, 0.3) is 0 Å². The summed E-state index contributed by atoms with van der Waals surface area (Å²) >= 11 is 0. The van der Waals surface area contributed by atoms with Crippen molar-refractivity contribution in [2.24, 2.45) is 0 Å². The van der Waals surface area contributed by atoms with Crippen LogP contribution in [0.5, 0.6) is 0 Å². The van der Waals surface area contributed by atoms with Crippen LogP contribution in [0.3, 0.4) is 0 Å². The summed E-state index contributed by atoms with van der Waals surface area (Å²) in [5.74, 6) is -0.0116. The molecule has 1 amide bonds. The Bertz CT molecular complexity index is 729. The van der Waals surface area contributed by atoms with Gasteiger partial charge in [0.1, 0.15) is 5.82 Å². The molecule has 0 saturated heterocycles. The molecule has 0 spiro atoms. The Kier molecular flexibility index (Phi) is 5.03. The lowest BCUT2D eigenvalue weighted by Gasteiger charge is -2.13. The van der Waals surface area contributed by atoms with Gasteiger partial charge in [-0.1, -0.05) is 31.0 Å². The Balaban J connectivity index is 1.63. The number of aromatic nitrogens is 2. The Morgan fingerprint density at radius 1 is 1.29 bits per heavy atom. The number of anilines is 1. The smallest absolute Gasteiger partial charge is 0.254 e. The molecule has 2 aromatic rings. The Labute approximate surface area is 140 Å². The fourth-order valence-corrected chi connectivity index (χ4v) is 2.92. The van der Waals surface area contributed by atoms with Gasteiger partial charge in [-0.05, 0) is 25.8 Å². The van der Waals surface area contributed by atoms with Crippen molar-refractivity contribution >= 4 is 11.9 Å². The molecule has 0 radical (unpaired) electrons. The molecule has 0 atom stereocenters.